The van der Waals surface area contributed by atoms with E-state index in [4.69, 9.17) is 20.9 Å². The van der Waals surface area contributed by atoms with Gasteiger partial charge in [0.2, 0.25) is 0 Å². The number of carbonyl (C=O) groups is 2. The van der Waals surface area contributed by atoms with Crippen LogP contribution in [0.1, 0.15) is 23.6 Å². The topological polar surface area (TPSA) is 105 Å². The molecule has 0 bridgehead atoms. The van der Waals surface area contributed by atoms with Gasteiger partial charge in [0, 0.05) is 11.1 Å². The number of carbonyl (C=O) groups excluding carboxylic acids is 2. The molecule has 2 atom stereocenters. The van der Waals surface area contributed by atoms with Crippen molar-refractivity contribution in [2.45, 2.75) is 12.5 Å². The lowest BCUT2D eigenvalue weighted by Crippen LogP contribution is -2.29. The Morgan fingerprint density at radius 3 is 1.32 bits per heavy atom. The minimum absolute atomic E-state index is 0.566. The molecule has 0 aliphatic carbocycles. The fraction of sp³-hybridized carbons (Fsp3) is 0.125. The third kappa shape index (κ3) is 4.15. The van der Waals surface area contributed by atoms with Crippen LogP contribution in [0.15, 0.2) is 60.7 Å². The first-order valence-electron chi connectivity index (χ1n) is 6.60. The lowest BCUT2D eigenvalue weighted by Gasteiger charge is -2.15. The van der Waals surface area contributed by atoms with Crippen LogP contribution in [-0.2, 0) is 19.1 Å². The molecule has 0 aliphatic rings. The number of rotatable bonds is 4. The Kier molecular flexibility index (Phi) is 5.24. The maximum Gasteiger partial charge on any atom is 0.419 e. The maximum atomic E-state index is 11.7. The molecule has 22 heavy (non-hydrogen) atoms. The molecule has 114 valence electrons. The lowest BCUT2D eigenvalue weighted by atomic mass is 10.2. The van der Waals surface area contributed by atoms with E-state index >= 15 is 0 Å². The summed E-state index contributed by atoms with van der Waals surface area (Å²) >= 11 is 0. The van der Waals surface area contributed by atoms with Gasteiger partial charge in [-0.1, -0.05) is 60.7 Å². The molecule has 0 radical (unpaired) electrons. The van der Waals surface area contributed by atoms with E-state index in [0.29, 0.717) is 11.1 Å². The van der Waals surface area contributed by atoms with Gasteiger partial charge in [0.25, 0.3) is 0 Å². The Labute approximate surface area is 127 Å². The summed E-state index contributed by atoms with van der Waals surface area (Å²) in [6.45, 7) is 0. The monoisotopic (exact) mass is 300 g/mol. The van der Waals surface area contributed by atoms with Crippen molar-refractivity contribution >= 4 is 11.9 Å². The molecule has 0 aromatic heterocycles. The van der Waals surface area contributed by atoms with Crippen LogP contribution in [0.4, 0.5) is 0 Å². The van der Waals surface area contributed by atoms with Crippen molar-refractivity contribution in [1.82, 2.24) is 0 Å². The van der Waals surface area contributed by atoms with E-state index in [9.17, 15) is 9.59 Å². The summed E-state index contributed by atoms with van der Waals surface area (Å²) in [6, 6.07) is 17.3. The van der Waals surface area contributed by atoms with Gasteiger partial charge in [-0.3, -0.25) is 11.5 Å². The Bertz CT molecular complexity index is 574. The van der Waals surface area contributed by atoms with Crippen LogP contribution < -0.4 is 11.5 Å². The van der Waals surface area contributed by atoms with Crippen molar-refractivity contribution in [3.63, 3.8) is 0 Å². The summed E-state index contributed by atoms with van der Waals surface area (Å²) in [7, 11) is 0. The highest BCUT2D eigenvalue weighted by atomic mass is 16.6. The SMILES string of the molecule is NC(OC(=O)C(=O)OC(N)c1ccccc1)c1ccccc1. The lowest BCUT2D eigenvalue weighted by molar-refractivity contribution is -0.174. The molecule has 0 spiro atoms. The Morgan fingerprint density at radius 2 is 1.00 bits per heavy atom. The third-order valence-corrected chi connectivity index (χ3v) is 2.89. The van der Waals surface area contributed by atoms with Crippen LogP contribution in [0.3, 0.4) is 0 Å². The molecule has 0 fully saturated rings. The molecule has 2 rings (SSSR count). The van der Waals surface area contributed by atoms with Crippen LogP contribution in [-0.4, -0.2) is 11.9 Å². The van der Waals surface area contributed by atoms with Crippen molar-refractivity contribution in [3.05, 3.63) is 71.8 Å². The Hall–Kier alpha value is -2.70. The smallest absolute Gasteiger partial charge is 0.419 e. The van der Waals surface area contributed by atoms with Crippen LogP contribution in [0.5, 0.6) is 0 Å². The highest BCUT2D eigenvalue weighted by Crippen LogP contribution is 2.14. The van der Waals surface area contributed by atoms with E-state index in [-0.39, 0.29) is 0 Å². The predicted molar refractivity (Wildman–Crippen MR) is 78.9 cm³/mol. The average molecular weight is 300 g/mol. The van der Waals surface area contributed by atoms with Gasteiger partial charge in [-0.2, -0.15) is 0 Å². The average Bonchev–Trinajstić information content (AvgIpc) is 2.56. The number of hydrogen-bond donors (Lipinski definition) is 2. The van der Waals surface area contributed by atoms with Gasteiger partial charge in [0.1, 0.15) is 0 Å². The standard InChI is InChI=1S/C16H16N2O4/c17-13(11-7-3-1-4-8-11)21-15(19)16(20)22-14(18)12-9-5-2-6-10-12/h1-10,13-14H,17-18H2. The van der Waals surface area contributed by atoms with E-state index in [2.05, 4.69) is 0 Å². The van der Waals surface area contributed by atoms with Crippen LogP contribution in [0.25, 0.3) is 0 Å². The molecule has 0 saturated carbocycles. The first kappa shape index (κ1) is 15.7. The summed E-state index contributed by atoms with van der Waals surface area (Å²) in [5.74, 6) is -2.38. The molecule has 2 unspecified atom stereocenters. The number of ether oxygens (including phenoxy) is 2. The number of nitrogens with two attached hydrogens (primary N) is 2. The molecule has 2 aromatic carbocycles. The molecule has 6 nitrogen and oxygen atoms in total. The second-order valence-electron chi connectivity index (χ2n) is 4.47. The maximum absolute atomic E-state index is 11.7. The van der Waals surface area contributed by atoms with Gasteiger partial charge in [0.15, 0.2) is 12.5 Å². The van der Waals surface area contributed by atoms with Crippen molar-refractivity contribution in [2.75, 3.05) is 0 Å². The van der Waals surface area contributed by atoms with Crippen LogP contribution >= 0.6 is 0 Å². The van der Waals surface area contributed by atoms with Crippen LogP contribution in [0.2, 0.25) is 0 Å². The zero-order valence-electron chi connectivity index (χ0n) is 11.7. The van der Waals surface area contributed by atoms with Crippen LogP contribution in [0, 0.1) is 0 Å². The van der Waals surface area contributed by atoms with Gasteiger partial charge in [-0.15, -0.1) is 0 Å². The molecule has 6 heteroatoms. The highest BCUT2D eigenvalue weighted by molar-refractivity contribution is 6.29. The predicted octanol–water partition coefficient (Wildman–Crippen LogP) is 1.39. The van der Waals surface area contributed by atoms with E-state index in [0.717, 1.165) is 0 Å². The first-order chi connectivity index (χ1) is 10.6. The van der Waals surface area contributed by atoms with E-state index in [1.165, 1.54) is 0 Å². The minimum atomic E-state index is -1.19. The van der Waals surface area contributed by atoms with E-state index in [1.807, 2.05) is 0 Å². The second-order valence-corrected chi connectivity index (χ2v) is 4.47. The number of esters is 2. The van der Waals surface area contributed by atoms with Gasteiger partial charge >= 0.3 is 11.9 Å². The molecular formula is C16H16N2O4. The third-order valence-electron chi connectivity index (χ3n) is 2.89. The zero-order chi connectivity index (χ0) is 15.9. The largest absolute Gasteiger partial charge is 0.434 e. The Morgan fingerprint density at radius 1 is 0.682 bits per heavy atom. The van der Waals surface area contributed by atoms with Gasteiger partial charge in [-0.25, -0.2) is 9.59 Å². The summed E-state index contributed by atoms with van der Waals surface area (Å²) in [4.78, 5) is 23.3. The minimum Gasteiger partial charge on any atom is -0.434 e. The summed E-state index contributed by atoms with van der Waals surface area (Å²) < 4.78 is 9.69. The molecular weight excluding hydrogens is 284 g/mol. The van der Waals surface area contributed by atoms with Crippen molar-refractivity contribution in [3.8, 4) is 0 Å². The Balaban J connectivity index is 1.91. The normalized spacial score (nSPS) is 13.0. The summed E-state index contributed by atoms with van der Waals surface area (Å²) in [5.41, 5.74) is 12.5. The molecule has 0 amide bonds. The van der Waals surface area contributed by atoms with Crippen molar-refractivity contribution in [1.29, 1.82) is 0 Å². The van der Waals surface area contributed by atoms with E-state index < -0.39 is 24.4 Å². The first-order valence-corrected chi connectivity index (χ1v) is 6.60. The fourth-order valence-corrected chi connectivity index (χ4v) is 1.75. The molecule has 0 heterocycles. The van der Waals surface area contributed by atoms with Gasteiger partial charge < -0.3 is 9.47 Å². The van der Waals surface area contributed by atoms with Gasteiger partial charge in [0.05, 0.1) is 0 Å². The summed E-state index contributed by atoms with van der Waals surface area (Å²) in [6.07, 6.45) is -2.09. The van der Waals surface area contributed by atoms with Gasteiger partial charge in [-0.05, 0) is 0 Å². The van der Waals surface area contributed by atoms with Crippen molar-refractivity contribution < 1.29 is 19.1 Å². The summed E-state index contributed by atoms with van der Waals surface area (Å²) in [5, 5.41) is 0. The van der Waals surface area contributed by atoms with E-state index in [1.54, 1.807) is 60.7 Å². The second kappa shape index (κ2) is 7.35. The zero-order valence-corrected chi connectivity index (χ0v) is 11.7. The molecule has 0 aliphatic heterocycles. The molecule has 0 saturated heterocycles. The molecule has 2 aromatic rings. The fourth-order valence-electron chi connectivity index (χ4n) is 1.75. The highest BCUT2D eigenvalue weighted by Gasteiger charge is 2.24. The number of hydrogen-bond acceptors (Lipinski definition) is 6. The number of benzene rings is 2. The quantitative estimate of drug-likeness (QED) is 0.502. The molecule has 4 N–H and O–H groups in total. The van der Waals surface area contributed by atoms with Crippen molar-refractivity contribution in [2.24, 2.45) is 11.5 Å².